The molecule has 2 rings (SSSR count). The number of carbonyl (C=O) groups excluding carboxylic acids is 2. The number of nitrogens with one attached hydrogen (secondary N) is 2. The predicted octanol–water partition coefficient (Wildman–Crippen LogP) is -4.23. The molecule has 0 radical (unpaired) electrons. The van der Waals surface area contributed by atoms with Gasteiger partial charge in [-0.1, -0.05) is 0 Å². The van der Waals surface area contributed by atoms with Crippen molar-refractivity contribution in [3.05, 3.63) is 32.6 Å². The van der Waals surface area contributed by atoms with E-state index in [1.165, 1.54) is 14.0 Å². The van der Waals surface area contributed by atoms with E-state index in [0.717, 1.165) is 10.8 Å². The minimum atomic E-state index is -1.41. The third-order valence-corrected chi connectivity index (χ3v) is 4.31. The molecule has 6 atom stereocenters. The van der Waals surface area contributed by atoms with Crippen LogP contribution in [0.15, 0.2) is 15.8 Å². The van der Waals surface area contributed by atoms with Gasteiger partial charge in [-0.05, 0) is 6.92 Å². The average Bonchev–Trinajstić information content (AvgIpc) is 2.96. The van der Waals surface area contributed by atoms with Gasteiger partial charge in [-0.3, -0.25) is 29.3 Å². The van der Waals surface area contributed by atoms with Gasteiger partial charge in [0.2, 0.25) is 5.91 Å². The molecule has 13 heteroatoms. The monoisotopic (exact) mass is 402 g/mol. The Morgan fingerprint density at radius 3 is 2.64 bits per heavy atom. The van der Waals surface area contributed by atoms with Crippen LogP contribution in [0.5, 0.6) is 0 Å². The Bertz CT molecular complexity index is 849. The number of imide groups is 1. The minimum Gasteiger partial charge on any atom is -0.394 e. The summed E-state index contributed by atoms with van der Waals surface area (Å²) < 4.78 is 11.3. The Hall–Kier alpha value is -2.42. The van der Waals surface area contributed by atoms with E-state index in [4.69, 9.17) is 15.2 Å². The summed E-state index contributed by atoms with van der Waals surface area (Å²) in [6.07, 6.45) is -5.09. The molecule has 28 heavy (non-hydrogen) atoms. The van der Waals surface area contributed by atoms with E-state index in [0.29, 0.717) is 0 Å². The highest BCUT2D eigenvalue weighted by atomic mass is 16.6. The number of amides is 2. The zero-order chi connectivity index (χ0) is 21.2. The number of aliphatic hydroxyl groups excluding tert-OH is 3. The summed E-state index contributed by atoms with van der Waals surface area (Å²) in [5.74, 6) is -2.19. The molecular weight excluding hydrogens is 380 g/mol. The van der Waals surface area contributed by atoms with Gasteiger partial charge in [-0.25, -0.2) is 4.79 Å². The van der Waals surface area contributed by atoms with E-state index in [9.17, 15) is 34.5 Å². The number of aromatic amines is 1. The highest BCUT2D eigenvalue weighted by molar-refractivity contribution is 6.05. The van der Waals surface area contributed by atoms with Crippen LogP contribution in [0.25, 0.3) is 0 Å². The van der Waals surface area contributed by atoms with Gasteiger partial charge in [0.05, 0.1) is 12.7 Å². The Morgan fingerprint density at radius 2 is 2.11 bits per heavy atom. The highest BCUT2D eigenvalue weighted by Gasteiger charge is 2.45. The lowest BCUT2D eigenvalue weighted by Gasteiger charge is -2.20. The number of hydrogen-bond acceptors (Lipinski definition) is 10. The number of H-pyrrole nitrogens is 1. The fourth-order valence-electron chi connectivity index (χ4n) is 2.67. The maximum atomic E-state index is 12.3. The van der Waals surface area contributed by atoms with Crippen LogP contribution in [0.2, 0.25) is 0 Å². The lowest BCUT2D eigenvalue weighted by Crippen LogP contribution is -2.50. The van der Waals surface area contributed by atoms with E-state index in [1.807, 2.05) is 10.3 Å². The van der Waals surface area contributed by atoms with Gasteiger partial charge in [0, 0.05) is 13.3 Å². The zero-order valence-electron chi connectivity index (χ0n) is 15.1. The molecule has 1 fully saturated rings. The van der Waals surface area contributed by atoms with Crippen molar-refractivity contribution in [3.63, 3.8) is 0 Å². The zero-order valence-corrected chi connectivity index (χ0v) is 15.1. The van der Waals surface area contributed by atoms with Crippen LogP contribution >= 0.6 is 0 Å². The lowest BCUT2D eigenvalue weighted by molar-refractivity contribution is -0.123. The summed E-state index contributed by atoms with van der Waals surface area (Å²) in [7, 11) is 1.24. The van der Waals surface area contributed by atoms with Crippen LogP contribution in [0.4, 0.5) is 0 Å². The standard InChI is InChI=1S/C15H22N4O9/c1-5(21)8(16)13(25)17-11(23)6-3-19(15(26)18-12(6)24)14-10(27-2)9(22)7(4-20)28-14/h3,5,7-10,14,20-22H,4,16H2,1-2H3,(H,17,23,25)(H,18,24,26)/t5-,7-,8-,9+,10-,14-/m1/s1. The second-order valence-corrected chi connectivity index (χ2v) is 6.23. The van der Waals surface area contributed by atoms with Gasteiger partial charge in [0.15, 0.2) is 6.23 Å². The summed E-state index contributed by atoms with van der Waals surface area (Å²) in [6, 6.07) is -1.41. The van der Waals surface area contributed by atoms with E-state index in [2.05, 4.69) is 0 Å². The summed E-state index contributed by atoms with van der Waals surface area (Å²) in [5, 5.41) is 30.5. The van der Waals surface area contributed by atoms with Crippen molar-refractivity contribution in [2.24, 2.45) is 5.73 Å². The molecule has 0 saturated carbocycles. The van der Waals surface area contributed by atoms with Crippen LogP contribution < -0.4 is 22.3 Å². The largest absolute Gasteiger partial charge is 0.394 e. The maximum Gasteiger partial charge on any atom is 0.330 e. The number of ether oxygens (including phenoxy) is 2. The topological polar surface area (TPSA) is 206 Å². The quantitative estimate of drug-likeness (QED) is 0.270. The van der Waals surface area contributed by atoms with Crippen LogP contribution in [0, 0.1) is 0 Å². The molecule has 1 saturated heterocycles. The van der Waals surface area contributed by atoms with Gasteiger partial charge in [0.25, 0.3) is 11.5 Å². The van der Waals surface area contributed by atoms with Crippen LogP contribution in [-0.2, 0) is 14.3 Å². The third-order valence-electron chi connectivity index (χ3n) is 4.31. The minimum absolute atomic E-state index is 0.561. The molecule has 2 heterocycles. The molecule has 1 aromatic rings. The molecule has 0 unspecified atom stereocenters. The second-order valence-electron chi connectivity index (χ2n) is 6.23. The fraction of sp³-hybridized carbons (Fsp3) is 0.600. The normalized spacial score (nSPS) is 26.6. The van der Waals surface area contributed by atoms with Crippen molar-refractivity contribution < 1.29 is 34.4 Å². The first-order valence-electron chi connectivity index (χ1n) is 8.23. The number of rotatable bonds is 6. The van der Waals surface area contributed by atoms with Crippen molar-refractivity contribution in [2.45, 2.75) is 43.6 Å². The number of hydrogen-bond donors (Lipinski definition) is 6. The summed E-state index contributed by atoms with van der Waals surface area (Å²) in [4.78, 5) is 50.1. The second kappa shape index (κ2) is 8.72. The van der Waals surface area contributed by atoms with Crippen LogP contribution in [-0.4, -0.2) is 80.9 Å². The van der Waals surface area contributed by atoms with Crippen molar-refractivity contribution in [1.29, 1.82) is 0 Å². The molecule has 2 amide bonds. The Labute approximate surface area is 157 Å². The van der Waals surface area contributed by atoms with Gasteiger partial charge >= 0.3 is 5.69 Å². The molecule has 156 valence electrons. The molecule has 1 aliphatic rings. The summed E-state index contributed by atoms with van der Waals surface area (Å²) >= 11 is 0. The lowest BCUT2D eigenvalue weighted by atomic mass is 10.1. The predicted molar refractivity (Wildman–Crippen MR) is 91.3 cm³/mol. The number of carbonyl (C=O) groups is 2. The molecule has 1 aliphatic heterocycles. The first-order valence-corrected chi connectivity index (χ1v) is 8.23. The first kappa shape index (κ1) is 21.9. The van der Waals surface area contributed by atoms with Gasteiger partial charge in [-0.2, -0.15) is 0 Å². The molecule has 0 spiro atoms. The fourth-order valence-corrected chi connectivity index (χ4v) is 2.67. The Balaban J connectivity index is 2.37. The van der Waals surface area contributed by atoms with Crippen LogP contribution in [0.1, 0.15) is 23.5 Å². The Morgan fingerprint density at radius 1 is 1.46 bits per heavy atom. The van der Waals surface area contributed by atoms with Crippen molar-refractivity contribution in [2.75, 3.05) is 13.7 Å². The first-order chi connectivity index (χ1) is 13.1. The SMILES string of the molecule is CO[C@@H]1[C@@H](O)[C@@H](CO)O[C@H]1n1cc(C(=O)NC(=O)[C@H](N)[C@@H](C)O)c(=O)[nH]c1=O. The van der Waals surface area contributed by atoms with Gasteiger partial charge in [0.1, 0.15) is 29.9 Å². The number of nitrogens with zero attached hydrogens (tertiary/aromatic N) is 1. The van der Waals surface area contributed by atoms with E-state index in [-0.39, 0.29) is 0 Å². The van der Waals surface area contributed by atoms with Crippen molar-refractivity contribution >= 4 is 11.8 Å². The van der Waals surface area contributed by atoms with E-state index >= 15 is 0 Å². The molecule has 0 aromatic carbocycles. The molecule has 0 bridgehead atoms. The third kappa shape index (κ3) is 4.19. The average molecular weight is 402 g/mol. The summed E-state index contributed by atoms with van der Waals surface area (Å²) in [6.45, 7) is 0.682. The van der Waals surface area contributed by atoms with Crippen molar-refractivity contribution in [3.8, 4) is 0 Å². The molecule has 1 aromatic heterocycles. The number of aromatic nitrogens is 2. The van der Waals surface area contributed by atoms with Gasteiger partial charge in [-0.15, -0.1) is 0 Å². The smallest absolute Gasteiger partial charge is 0.330 e. The molecular formula is C15H22N4O9. The Kier molecular flexibility index (Phi) is 6.82. The molecule has 7 N–H and O–H groups in total. The number of aliphatic hydroxyl groups is 3. The van der Waals surface area contributed by atoms with Crippen LogP contribution in [0.3, 0.4) is 0 Å². The summed E-state index contributed by atoms with van der Waals surface area (Å²) in [5.41, 5.74) is 2.75. The molecule has 0 aliphatic carbocycles. The van der Waals surface area contributed by atoms with Crippen molar-refractivity contribution in [1.82, 2.24) is 14.9 Å². The number of methoxy groups -OCH3 is 1. The maximum absolute atomic E-state index is 12.3. The van der Waals surface area contributed by atoms with E-state index in [1.54, 1.807) is 0 Å². The van der Waals surface area contributed by atoms with E-state index < -0.39 is 71.9 Å². The highest BCUT2D eigenvalue weighted by Crippen LogP contribution is 2.30. The van der Waals surface area contributed by atoms with Gasteiger partial charge < -0.3 is 30.5 Å². The molecule has 13 nitrogen and oxygen atoms in total. The number of nitrogens with two attached hydrogens (primary N) is 1.